The van der Waals surface area contributed by atoms with Gasteiger partial charge in [0.05, 0.1) is 17.0 Å². The molecule has 0 aliphatic carbocycles. The number of pyridine rings is 2. The summed E-state index contributed by atoms with van der Waals surface area (Å²) in [5.74, 6) is -3.92. The number of aromatic amines is 1. The summed E-state index contributed by atoms with van der Waals surface area (Å²) in [4.78, 5) is 36.8. The first-order valence-electron chi connectivity index (χ1n) is 10.3. The molecule has 3 aromatic rings. The van der Waals surface area contributed by atoms with Crippen LogP contribution in [-0.2, 0) is 11.2 Å². The Bertz CT molecular complexity index is 1100. The number of nitrogens with zero attached hydrogens (tertiary/aromatic N) is 3. The smallest absolute Gasteiger partial charge is 0.257 e. The van der Waals surface area contributed by atoms with Crippen LogP contribution in [0, 0.1) is 0 Å². The molecule has 4 heterocycles. The lowest BCUT2D eigenvalue weighted by Gasteiger charge is -2.40. The lowest BCUT2D eigenvalue weighted by Crippen LogP contribution is -2.52. The summed E-state index contributed by atoms with van der Waals surface area (Å²) in [6.07, 6.45) is 5.07. The van der Waals surface area contributed by atoms with Crippen molar-refractivity contribution in [2.45, 2.75) is 37.6 Å². The molecular formula is C22H23F2N5O2S. The number of halogens is 2. The molecular weight excluding hydrogens is 436 g/mol. The third-order valence-electron chi connectivity index (χ3n) is 5.71. The number of piperidine rings is 1. The minimum atomic E-state index is -2.92. The van der Waals surface area contributed by atoms with Gasteiger partial charge in [0.15, 0.2) is 0 Å². The van der Waals surface area contributed by atoms with E-state index in [0.29, 0.717) is 17.8 Å². The molecule has 4 rings (SSSR count). The second-order valence-electron chi connectivity index (χ2n) is 7.86. The summed E-state index contributed by atoms with van der Waals surface area (Å²) in [6, 6.07) is 5.64. The van der Waals surface area contributed by atoms with Crippen molar-refractivity contribution in [1.29, 1.82) is 0 Å². The highest BCUT2D eigenvalue weighted by Crippen LogP contribution is 2.40. The van der Waals surface area contributed by atoms with Crippen molar-refractivity contribution in [1.82, 2.24) is 19.9 Å². The van der Waals surface area contributed by atoms with Crippen molar-refractivity contribution in [3.05, 3.63) is 74.7 Å². The van der Waals surface area contributed by atoms with E-state index in [9.17, 15) is 18.4 Å². The van der Waals surface area contributed by atoms with Gasteiger partial charge < -0.3 is 10.3 Å². The Kier molecular flexibility index (Phi) is 6.43. The van der Waals surface area contributed by atoms with Crippen LogP contribution in [0.2, 0.25) is 0 Å². The van der Waals surface area contributed by atoms with Crippen LogP contribution in [0.3, 0.4) is 0 Å². The number of amides is 1. The summed E-state index contributed by atoms with van der Waals surface area (Å²) >= 11 is 1.57. The number of carbonyl (C=O) groups excluding carboxylic acids is 1. The van der Waals surface area contributed by atoms with E-state index < -0.39 is 17.9 Å². The Morgan fingerprint density at radius 2 is 2.19 bits per heavy atom. The van der Waals surface area contributed by atoms with E-state index in [0.717, 1.165) is 10.6 Å². The second kappa shape index (κ2) is 9.25. The average molecular weight is 460 g/mol. The van der Waals surface area contributed by atoms with Crippen LogP contribution in [0.15, 0.2) is 53.0 Å². The Morgan fingerprint density at radius 3 is 2.84 bits per heavy atom. The van der Waals surface area contributed by atoms with Crippen LogP contribution in [0.4, 0.5) is 14.6 Å². The molecule has 1 unspecified atom stereocenters. The number of nitrogens with one attached hydrogen (secondary N) is 2. The van der Waals surface area contributed by atoms with Gasteiger partial charge in [0, 0.05) is 56.0 Å². The summed E-state index contributed by atoms with van der Waals surface area (Å²) in [5, 5.41) is 5.66. The molecule has 168 valence electrons. The van der Waals surface area contributed by atoms with Gasteiger partial charge in [0.2, 0.25) is 11.5 Å². The minimum Gasteiger partial charge on any atom is -0.329 e. The fourth-order valence-corrected chi connectivity index (χ4v) is 4.43. The predicted molar refractivity (Wildman–Crippen MR) is 118 cm³/mol. The van der Waals surface area contributed by atoms with Crippen molar-refractivity contribution in [2.24, 2.45) is 0 Å². The maximum absolute atomic E-state index is 14.6. The van der Waals surface area contributed by atoms with Crippen molar-refractivity contribution in [2.75, 3.05) is 18.4 Å². The SMILES string of the molecule is CC(C(=O)Nc1ccc(Cc2nccs2)cn1)N1CCC(F)(F)[C@@H](c2ccc(=O)[nH]c2)C1. The fraction of sp³-hybridized carbons (Fsp3) is 0.364. The Balaban J connectivity index is 1.39. The minimum absolute atomic E-state index is 0.00775. The van der Waals surface area contributed by atoms with E-state index in [-0.39, 0.29) is 31.0 Å². The van der Waals surface area contributed by atoms with E-state index in [2.05, 4.69) is 20.3 Å². The highest BCUT2D eigenvalue weighted by Gasteiger charge is 2.46. The van der Waals surface area contributed by atoms with Crippen molar-refractivity contribution < 1.29 is 13.6 Å². The number of likely N-dealkylation sites (tertiary alicyclic amines) is 1. The molecule has 1 amide bonds. The van der Waals surface area contributed by atoms with Gasteiger partial charge in [-0.15, -0.1) is 11.3 Å². The quantitative estimate of drug-likeness (QED) is 0.591. The van der Waals surface area contributed by atoms with Crippen LogP contribution in [0.25, 0.3) is 0 Å². The maximum atomic E-state index is 14.6. The molecule has 1 fully saturated rings. The number of thiazole rings is 1. The largest absolute Gasteiger partial charge is 0.329 e. The van der Waals surface area contributed by atoms with Crippen molar-refractivity contribution in [3.8, 4) is 0 Å². The monoisotopic (exact) mass is 459 g/mol. The van der Waals surface area contributed by atoms with Gasteiger partial charge in [-0.1, -0.05) is 12.1 Å². The van der Waals surface area contributed by atoms with E-state index in [1.165, 1.54) is 18.3 Å². The van der Waals surface area contributed by atoms with Gasteiger partial charge in [0.25, 0.3) is 5.92 Å². The number of hydrogen-bond acceptors (Lipinski definition) is 6. The third-order valence-corrected chi connectivity index (χ3v) is 6.49. The summed E-state index contributed by atoms with van der Waals surface area (Å²) in [5.41, 5.74) is 0.986. The van der Waals surface area contributed by atoms with Crippen LogP contribution >= 0.6 is 11.3 Å². The Hall–Kier alpha value is -2.98. The molecule has 1 aliphatic rings. The van der Waals surface area contributed by atoms with Crippen LogP contribution < -0.4 is 10.9 Å². The summed E-state index contributed by atoms with van der Waals surface area (Å²) in [7, 11) is 0. The highest BCUT2D eigenvalue weighted by molar-refractivity contribution is 7.09. The summed E-state index contributed by atoms with van der Waals surface area (Å²) in [6.45, 7) is 1.80. The predicted octanol–water partition coefficient (Wildman–Crippen LogP) is 3.27. The van der Waals surface area contributed by atoms with Gasteiger partial charge in [-0.3, -0.25) is 14.5 Å². The number of hydrogen-bond donors (Lipinski definition) is 2. The topological polar surface area (TPSA) is 91.0 Å². The first-order chi connectivity index (χ1) is 15.3. The average Bonchev–Trinajstić information content (AvgIpc) is 3.28. The van der Waals surface area contributed by atoms with Crippen molar-refractivity contribution >= 4 is 23.1 Å². The first-order valence-corrected chi connectivity index (χ1v) is 11.1. The van der Waals surface area contributed by atoms with Gasteiger partial charge in [-0.05, 0) is 24.1 Å². The number of aromatic nitrogens is 3. The number of carbonyl (C=O) groups is 1. The number of rotatable bonds is 6. The maximum Gasteiger partial charge on any atom is 0.257 e. The molecule has 7 nitrogen and oxygen atoms in total. The van der Waals surface area contributed by atoms with E-state index in [4.69, 9.17) is 0 Å². The molecule has 1 aliphatic heterocycles. The molecule has 1 saturated heterocycles. The molecule has 0 spiro atoms. The molecule has 3 aromatic heterocycles. The van der Waals surface area contributed by atoms with Crippen LogP contribution in [0.5, 0.6) is 0 Å². The molecule has 2 N–H and O–H groups in total. The molecule has 0 aromatic carbocycles. The highest BCUT2D eigenvalue weighted by atomic mass is 32.1. The van der Waals surface area contributed by atoms with Gasteiger partial charge >= 0.3 is 0 Å². The van der Waals surface area contributed by atoms with Crippen LogP contribution in [0.1, 0.15) is 35.4 Å². The summed E-state index contributed by atoms with van der Waals surface area (Å²) < 4.78 is 29.2. The molecule has 0 saturated carbocycles. The zero-order valence-electron chi connectivity index (χ0n) is 17.4. The van der Waals surface area contributed by atoms with Crippen molar-refractivity contribution in [3.63, 3.8) is 0 Å². The first kappa shape index (κ1) is 22.2. The Morgan fingerprint density at radius 1 is 1.34 bits per heavy atom. The molecule has 0 bridgehead atoms. The van der Waals surface area contributed by atoms with E-state index in [1.807, 2.05) is 11.4 Å². The third kappa shape index (κ3) is 5.08. The second-order valence-corrected chi connectivity index (χ2v) is 8.84. The normalized spacial score (nSPS) is 19.4. The van der Waals surface area contributed by atoms with Gasteiger partial charge in [-0.2, -0.15) is 0 Å². The zero-order chi connectivity index (χ0) is 22.7. The fourth-order valence-electron chi connectivity index (χ4n) is 3.78. The standard InChI is InChI=1S/C22H23F2N5O2S/c1-14(21(31)28-18-4-2-15(11-26-18)10-20-25-7-9-32-20)29-8-6-22(23,24)17(13-29)16-3-5-19(30)27-12-16/h2-5,7,9,11-12,14,17H,6,8,10,13H2,1H3,(H,27,30)(H,26,28,31)/t14?,17-/m1/s1. The zero-order valence-corrected chi connectivity index (χ0v) is 18.2. The number of alkyl halides is 2. The van der Waals surface area contributed by atoms with Gasteiger partial charge in [0.1, 0.15) is 5.82 Å². The number of H-pyrrole nitrogens is 1. The molecule has 32 heavy (non-hydrogen) atoms. The Labute approximate surface area is 187 Å². The molecule has 2 atom stereocenters. The van der Waals surface area contributed by atoms with Crippen LogP contribution in [-0.4, -0.2) is 50.8 Å². The molecule has 0 radical (unpaired) electrons. The molecule has 10 heteroatoms. The number of anilines is 1. The van der Waals surface area contributed by atoms with E-state index >= 15 is 0 Å². The van der Waals surface area contributed by atoms with Gasteiger partial charge in [-0.25, -0.2) is 18.7 Å². The lowest BCUT2D eigenvalue weighted by atomic mass is 9.87. The lowest BCUT2D eigenvalue weighted by molar-refractivity contribution is -0.125. The van der Waals surface area contributed by atoms with E-state index in [1.54, 1.807) is 41.6 Å².